The Labute approximate surface area is 109 Å². The predicted molar refractivity (Wildman–Crippen MR) is 65.3 cm³/mol. The molecule has 6 heteroatoms. The first-order chi connectivity index (χ1) is 9.22. The first-order valence-corrected chi connectivity index (χ1v) is 5.62. The number of hydrogen-bond acceptors (Lipinski definition) is 4. The van der Waals surface area contributed by atoms with Crippen LogP contribution in [0.1, 0.15) is 5.56 Å². The standard InChI is InChI=1S/C13H12FN3O2/c1-18-5-4-17-9-12(8-16-17)19-13-3-2-11(14)6-10(13)7-15/h2-3,6,8-9H,4-5H2,1H3. The van der Waals surface area contributed by atoms with Crippen molar-refractivity contribution in [3.05, 3.63) is 42.0 Å². The Morgan fingerprint density at radius 3 is 3.05 bits per heavy atom. The van der Waals surface area contributed by atoms with E-state index in [9.17, 15) is 4.39 Å². The molecule has 1 heterocycles. The second kappa shape index (κ2) is 5.98. The van der Waals surface area contributed by atoms with Crippen molar-refractivity contribution in [3.63, 3.8) is 0 Å². The van der Waals surface area contributed by atoms with Gasteiger partial charge >= 0.3 is 0 Å². The van der Waals surface area contributed by atoms with Gasteiger partial charge in [-0.3, -0.25) is 4.68 Å². The Hall–Kier alpha value is -2.39. The fraction of sp³-hybridized carbons (Fsp3) is 0.231. The van der Waals surface area contributed by atoms with Crippen molar-refractivity contribution in [2.24, 2.45) is 0 Å². The molecule has 0 spiro atoms. The fourth-order valence-electron chi connectivity index (χ4n) is 1.51. The fourth-order valence-corrected chi connectivity index (χ4v) is 1.51. The Bertz CT molecular complexity index is 604. The minimum atomic E-state index is -0.473. The van der Waals surface area contributed by atoms with Crippen LogP contribution in [0.5, 0.6) is 11.5 Å². The molecule has 2 rings (SSSR count). The van der Waals surface area contributed by atoms with Crippen LogP contribution in [0.15, 0.2) is 30.6 Å². The molecule has 0 N–H and O–H groups in total. The van der Waals surface area contributed by atoms with Crippen LogP contribution in [0.25, 0.3) is 0 Å². The number of hydrogen-bond donors (Lipinski definition) is 0. The molecule has 0 radical (unpaired) electrons. The molecule has 1 aromatic carbocycles. The van der Waals surface area contributed by atoms with Crippen molar-refractivity contribution in [3.8, 4) is 17.6 Å². The SMILES string of the molecule is COCCn1cc(Oc2ccc(F)cc2C#N)cn1. The average Bonchev–Trinajstić information content (AvgIpc) is 2.86. The van der Waals surface area contributed by atoms with Crippen molar-refractivity contribution in [2.45, 2.75) is 6.54 Å². The lowest BCUT2D eigenvalue weighted by molar-refractivity contribution is 0.183. The van der Waals surface area contributed by atoms with E-state index in [2.05, 4.69) is 5.10 Å². The van der Waals surface area contributed by atoms with Gasteiger partial charge in [0.05, 0.1) is 31.1 Å². The van der Waals surface area contributed by atoms with Crippen LogP contribution in [0.4, 0.5) is 4.39 Å². The normalized spacial score (nSPS) is 10.2. The van der Waals surface area contributed by atoms with Gasteiger partial charge in [-0.15, -0.1) is 0 Å². The molecule has 5 nitrogen and oxygen atoms in total. The lowest BCUT2D eigenvalue weighted by Crippen LogP contribution is -2.03. The van der Waals surface area contributed by atoms with E-state index in [1.807, 2.05) is 6.07 Å². The van der Waals surface area contributed by atoms with Crippen molar-refractivity contribution < 1.29 is 13.9 Å². The molecule has 98 valence electrons. The molecule has 0 bridgehead atoms. The van der Waals surface area contributed by atoms with E-state index in [1.165, 1.54) is 18.3 Å². The van der Waals surface area contributed by atoms with Gasteiger partial charge in [0.15, 0.2) is 5.75 Å². The van der Waals surface area contributed by atoms with E-state index in [-0.39, 0.29) is 5.56 Å². The summed E-state index contributed by atoms with van der Waals surface area (Å²) in [4.78, 5) is 0. The van der Waals surface area contributed by atoms with Gasteiger partial charge in [-0.2, -0.15) is 10.4 Å². The molecule has 0 saturated heterocycles. The van der Waals surface area contributed by atoms with Crippen LogP contribution in [0.2, 0.25) is 0 Å². The summed E-state index contributed by atoms with van der Waals surface area (Å²) in [7, 11) is 1.61. The summed E-state index contributed by atoms with van der Waals surface area (Å²) in [6.07, 6.45) is 3.21. The van der Waals surface area contributed by atoms with Crippen LogP contribution in [-0.2, 0) is 11.3 Å². The number of nitrogens with zero attached hydrogens (tertiary/aromatic N) is 3. The van der Waals surface area contributed by atoms with Gasteiger partial charge < -0.3 is 9.47 Å². The number of benzene rings is 1. The van der Waals surface area contributed by atoms with Crippen LogP contribution in [0.3, 0.4) is 0 Å². The quantitative estimate of drug-likeness (QED) is 0.828. The lowest BCUT2D eigenvalue weighted by Gasteiger charge is -2.04. The van der Waals surface area contributed by atoms with E-state index in [0.717, 1.165) is 6.07 Å². The number of aromatic nitrogens is 2. The minimum Gasteiger partial charge on any atom is -0.453 e. The summed E-state index contributed by atoms with van der Waals surface area (Å²) in [5.74, 6) is 0.314. The molecule has 0 fully saturated rings. The maximum Gasteiger partial charge on any atom is 0.165 e. The van der Waals surface area contributed by atoms with E-state index in [4.69, 9.17) is 14.7 Å². The summed E-state index contributed by atoms with van der Waals surface area (Å²) in [5.41, 5.74) is 0.143. The van der Waals surface area contributed by atoms with Crippen molar-refractivity contribution in [2.75, 3.05) is 13.7 Å². The molecule has 0 saturated carbocycles. The van der Waals surface area contributed by atoms with Crippen LogP contribution < -0.4 is 4.74 Å². The number of nitriles is 1. The Morgan fingerprint density at radius 2 is 2.32 bits per heavy atom. The molecule has 0 aliphatic rings. The highest BCUT2D eigenvalue weighted by molar-refractivity contribution is 5.44. The van der Waals surface area contributed by atoms with Gasteiger partial charge in [0.25, 0.3) is 0 Å². The molecule has 0 amide bonds. The highest BCUT2D eigenvalue weighted by Crippen LogP contribution is 2.25. The second-order valence-corrected chi connectivity index (χ2v) is 3.79. The van der Waals surface area contributed by atoms with E-state index >= 15 is 0 Å². The van der Waals surface area contributed by atoms with Gasteiger partial charge in [-0.25, -0.2) is 4.39 Å². The molecule has 1 aromatic heterocycles. The summed E-state index contributed by atoms with van der Waals surface area (Å²) in [6.45, 7) is 1.15. The minimum absolute atomic E-state index is 0.143. The molecular weight excluding hydrogens is 249 g/mol. The zero-order chi connectivity index (χ0) is 13.7. The smallest absolute Gasteiger partial charge is 0.165 e. The number of methoxy groups -OCH3 is 1. The number of rotatable bonds is 5. The first-order valence-electron chi connectivity index (χ1n) is 5.62. The first kappa shape index (κ1) is 13.1. The summed E-state index contributed by atoms with van der Waals surface area (Å²) in [6, 6.07) is 5.67. The third-order valence-electron chi connectivity index (χ3n) is 2.42. The van der Waals surface area contributed by atoms with Crippen LogP contribution >= 0.6 is 0 Å². The van der Waals surface area contributed by atoms with Gasteiger partial charge in [0.2, 0.25) is 0 Å². The van der Waals surface area contributed by atoms with E-state index < -0.39 is 5.82 Å². The second-order valence-electron chi connectivity index (χ2n) is 3.79. The number of halogens is 1. The third kappa shape index (κ3) is 3.30. The molecule has 19 heavy (non-hydrogen) atoms. The van der Waals surface area contributed by atoms with Crippen LogP contribution in [-0.4, -0.2) is 23.5 Å². The molecule has 0 aliphatic carbocycles. The average molecular weight is 261 g/mol. The van der Waals surface area contributed by atoms with Crippen molar-refractivity contribution in [1.29, 1.82) is 5.26 Å². The molecular formula is C13H12FN3O2. The molecule has 0 unspecified atom stereocenters. The maximum absolute atomic E-state index is 13.0. The third-order valence-corrected chi connectivity index (χ3v) is 2.42. The van der Waals surface area contributed by atoms with E-state index in [1.54, 1.807) is 18.0 Å². The van der Waals surface area contributed by atoms with Crippen molar-refractivity contribution in [1.82, 2.24) is 9.78 Å². The zero-order valence-corrected chi connectivity index (χ0v) is 10.3. The summed E-state index contributed by atoms with van der Waals surface area (Å²) >= 11 is 0. The monoisotopic (exact) mass is 261 g/mol. The summed E-state index contributed by atoms with van der Waals surface area (Å²) in [5, 5.41) is 13.0. The molecule has 0 atom stereocenters. The largest absolute Gasteiger partial charge is 0.453 e. The molecule has 0 aliphatic heterocycles. The number of ether oxygens (including phenoxy) is 2. The predicted octanol–water partition coefficient (Wildman–Crippen LogP) is 2.33. The highest BCUT2D eigenvalue weighted by Gasteiger charge is 2.07. The van der Waals surface area contributed by atoms with Gasteiger partial charge in [0.1, 0.15) is 17.6 Å². The topological polar surface area (TPSA) is 60.1 Å². The van der Waals surface area contributed by atoms with Gasteiger partial charge in [-0.05, 0) is 18.2 Å². The Kier molecular flexibility index (Phi) is 4.11. The Morgan fingerprint density at radius 1 is 1.47 bits per heavy atom. The highest BCUT2D eigenvalue weighted by atomic mass is 19.1. The van der Waals surface area contributed by atoms with Gasteiger partial charge in [0, 0.05) is 7.11 Å². The van der Waals surface area contributed by atoms with Crippen LogP contribution in [0, 0.1) is 17.1 Å². The summed E-state index contributed by atoms with van der Waals surface area (Å²) < 4.78 is 25.1. The van der Waals surface area contributed by atoms with E-state index in [0.29, 0.717) is 24.7 Å². The van der Waals surface area contributed by atoms with Gasteiger partial charge in [-0.1, -0.05) is 0 Å². The molecule has 2 aromatic rings. The zero-order valence-electron chi connectivity index (χ0n) is 10.3. The maximum atomic E-state index is 13.0. The van der Waals surface area contributed by atoms with Crippen molar-refractivity contribution >= 4 is 0 Å². The lowest BCUT2D eigenvalue weighted by atomic mass is 10.2. The Balaban J connectivity index is 2.13.